The molecule has 1 aliphatic rings. The molecule has 3 heterocycles. The summed E-state index contributed by atoms with van der Waals surface area (Å²) in [5.74, 6) is -0.134. The van der Waals surface area contributed by atoms with Gasteiger partial charge >= 0.3 is 0 Å². The SMILES string of the molecule is CC(C)n1ncc2c(C(=O)NCc3ccc(N4CCOCC4)cc3)cc(-c3ccccc3)nc21. The van der Waals surface area contributed by atoms with Crippen LogP contribution in [0.4, 0.5) is 5.69 Å². The summed E-state index contributed by atoms with van der Waals surface area (Å²) < 4.78 is 7.30. The van der Waals surface area contributed by atoms with Crippen LogP contribution in [-0.2, 0) is 11.3 Å². The lowest BCUT2D eigenvalue weighted by molar-refractivity contribution is 0.0952. The number of rotatable bonds is 6. The quantitative estimate of drug-likeness (QED) is 0.465. The molecular weight excluding hydrogens is 426 g/mol. The summed E-state index contributed by atoms with van der Waals surface area (Å²) in [6.07, 6.45) is 1.74. The molecule has 0 unspecified atom stereocenters. The Morgan fingerprint density at radius 2 is 1.79 bits per heavy atom. The molecule has 0 radical (unpaired) electrons. The summed E-state index contributed by atoms with van der Waals surface area (Å²) >= 11 is 0. The highest BCUT2D eigenvalue weighted by Crippen LogP contribution is 2.26. The molecule has 0 aliphatic carbocycles. The van der Waals surface area contributed by atoms with Crippen LogP contribution in [0.15, 0.2) is 66.9 Å². The first-order valence-electron chi connectivity index (χ1n) is 11.7. The van der Waals surface area contributed by atoms with Gasteiger partial charge < -0.3 is 15.0 Å². The summed E-state index contributed by atoms with van der Waals surface area (Å²) in [5, 5.41) is 8.35. The van der Waals surface area contributed by atoms with Crippen molar-refractivity contribution in [2.45, 2.75) is 26.4 Å². The van der Waals surface area contributed by atoms with Crippen LogP contribution in [0.1, 0.15) is 35.8 Å². The van der Waals surface area contributed by atoms with E-state index in [1.165, 1.54) is 5.69 Å². The smallest absolute Gasteiger partial charge is 0.252 e. The van der Waals surface area contributed by atoms with Gasteiger partial charge in [-0.2, -0.15) is 5.10 Å². The number of hydrogen-bond donors (Lipinski definition) is 1. The van der Waals surface area contributed by atoms with Crippen LogP contribution in [-0.4, -0.2) is 47.0 Å². The van der Waals surface area contributed by atoms with Gasteiger partial charge in [-0.05, 0) is 37.6 Å². The van der Waals surface area contributed by atoms with Gasteiger partial charge in [-0.25, -0.2) is 9.67 Å². The van der Waals surface area contributed by atoms with Crippen LogP contribution in [0.5, 0.6) is 0 Å². The van der Waals surface area contributed by atoms with Gasteiger partial charge in [-0.3, -0.25) is 4.79 Å². The molecule has 2 aromatic heterocycles. The summed E-state index contributed by atoms with van der Waals surface area (Å²) in [7, 11) is 0. The van der Waals surface area contributed by atoms with Crippen LogP contribution in [0.2, 0.25) is 0 Å². The first-order chi connectivity index (χ1) is 16.6. The van der Waals surface area contributed by atoms with Crippen molar-refractivity contribution in [3.05, 3.63) is 78.0 Å². The van der Waals surface area contributed by atoms with Crippen molar-refractivity contribution in [1.82, 2.24) is 20.1 Å². The molecule has 1 saturated heterocycles. The minimum Gasteiger partial charge on any atom is -0.378 e. The Morgan fingerprint density at radius 1 is 1.06 bits per heavy atom. The maximum atomic E-state index is 13.3. The van der Waals surface area contributed by atoms with Gasteiger partial charge in [-0.15, -0.1) is 0 Å². The Kier molecular flexibility index (Phi) is 6.27. The largest absolute Gasteiger partial charge is 0.378 e. The van der Waals surface area contributed by atoms with E-state index in [1.54, 1.807) is 6.20 Å². The molecule has 4 aromatic rings. The van der Waals surface area contributed by atoms with E-state index in [0.29, 0.717) is 12.1 Å². The fourth-order valence-corrected chi connectivity index (χ4v) is 4.26. The van der Waals surface area contributed by atoms with E-state index in [0.717, 1.165) is 54.2 Å². The summed E-state index contributed by atoms with van der Waals surface area (Å²) in [5.41, 5.74) is 5.26. The third kappa shape index (κ3) is 4.52. The number of nitrogens with zero attached hydrogens (tertiary/aromatic N) is 4. The molecule has 1 aliphatic heterocycles. The van der Waals surface area contributed by atoms with Gasteiger partial charge in [0.05, 0.1) is 36.1 Å². The topological polar surface area (TPSA) is 72.3 Å². The fourth-order valence-electron chi connectivity index (χ4n) is 4.26. The van der Waals surface area contributed by atoms with E-state index in [9.17, 15) is 4.79 Å². The van der Waals surface area contributed by atoms with Crippen LogP contribution in [0, 0.1) is 0 Å². The van der Waals surface area contributed by atoms with Gasteiger partial charge in [0, 0.05) is 36.9 Å². The average Bonchev–Trinajstić information content (AvgIpc) is 3.32. The van der Waals surface area contributed by atoms with E-state index >= 15 is 0 Å². The molecule has 0 atom stereocenters. The number of morpholine rings is 1. The maximum absolute atomic E-state index is 13.3. The monoisotopic (exact) mass is 455 g/mol. The highest BCUT2D eigenvalue weighted by molar-refractivity contribution is 6.06. The Hall–Kier alpha value is -3.71. The van der Waals surface area contributed by atoms with Gasteiger partial charge in [0.25, 0.3) is 5.91 Å². The van der Waals surface area contributed by atoms with Crippen molar-refractivity contribution >= 4 is 22.6 Å². The Morgan fingerprint density at radius 3 is 2.50 bits per heavy atom. The molecular formula is C27H29N5O2. The van der Waals surface area contributed by atoms with Gasteiger partial charge in [0.2, 0.25) is 0 Å². The van der Waals surface area contributed by atoms with Crippen LogP contribution in [0.25, 0.3) is 22.3 Å². The van der Waals surface area contributed by atoms with E-state index < -0.39 is 0 Å². The molecule has 0 bridgehead atoms. The molecule has 0 spiro atoms. The predicted molar refractivity (Wildman–Crippen MR) is 134 cm³/mol. The van der Waals surface area contributed by atoms with E-state index in [2.05, 4.69) is 53.4 Å². The molecule has 7 heteroatoms. The lowest BCUT2D eigenvalue weighted by Crippen LogP contribution is -2.36. The van der Waals surface area contributed by atoms with E-state index in [4.69, 9.17) is 9.72 Å². The normalized spacial score (nSPS) is 14.0. The summed E-state index contributed by atoms with van der Waals surface area (Å²) in [4.78, 5) is 20.5. The van der Waals surface area contributed by atoms with Crippen molar-refractivity contribution in [2.24, 2.45) is 0 Å². The molecule has 1 fully saturated rings. The number of fused-ring (bicyclic) bond motifs is 1. The van der Waals surface area contributed by atoms with Gasteiger partial charge in [-0.1, -0.05) is 42.5 Å². The van der Waals surface area contributed by atoms with E-state index in [1.807, 2.05) is 41.1 Å². The number of hydrogen-bond acceptors (Lipinski definition) is 5. The first kappa shape index (κ1) is 22.1. The first-order valence-corrected chi connectivity index (χ1v) is 11.7. The van der Waals surface area contributed by atoms with Crippen LogP contribution < -0.4 is 10.2 Å². The number of benzene rings is 2. The standard InChI is InChI=1S/C27H29N5O2/c1-19(2)32-26-24(18-29-32)23(16-25(30-26)21-6-4-3-5-7-21)27(33)28-17-20-8-10-22(11-9-20)31-12-14-34-15-13-31/h3-11,16,18-19H,12-15,17H2,1-2H3,(H,28,33). The number of ether oxygens (including phenoxy) is 1. The Bertz CT molecular complexity index is 1280. The number of carbonyl (C=O) groups is 1. The number of amides is 1. The molecule has 174 valence electrons. The molecule has 1 amide bonds. The van der Waals surface area contributed by atoms with Crippen molar-refractivity contribution in [3.8, 4) is 11.3 Å². The predicted octanol–water partition coefficient (Wildman–Crippen LogP) is 4.45. The molecule has 2 aromatic carbocycles. The van der Waals surface area contributed by atoms with Gasteiger partial charge in [0.1, 0.15) is 0 Å². The lowest BCUT2D eigenvalue weighted by Gasteiger charge is -2.28. The zero-order chi connectivity index (χ0) is 23.5. The van der Waals surface area contributed by atoms with Crippen LogP contribution in [0.3, 0.4) is 0 Å². The highest BCUT2D eigenvalue weighted by Gasteiger charge is 2.18. The number of aromatic nitrogens is 3. The summed E-state index contributed by atoms with van der Waals surface area (Å²) in [6, 6.07) is 20.3. The lowest BCUT2D eigenvalue weighted by atomic mass is 10.1. The third-order valence-corrected chi connectivity index (χ3v) is 6.14. The molecule has 1 N–H and O–H groups in total. The third-order valence-electron chi connectivity index (χ3n) is 6.14. The second-order valence-corrected chi connectivity index (χ2v) is 8.79. The fraction of sp³-hybridized carbons (Fsp3) is 0.296. The van der Waals surface area contributed by atoms with Crippen molar-refractivity contribution < 1.29 is 9.53 Å². The second kappa shape index (κ2) is 9.65. The van der Waals surface area contributed by atoms with Crippen molar-refractivity contribution in [2.75, 3.05) is 31.2 Å². The number of pyridine rings is 1. The number of carbonyl (C=O) groups excluding carboxylic acids is 1. The second-order valence-electron chi connectivity index (χ2n) is 8.79. The van der Waals surface area contributed by atoms with Gasteiger partial charge in [0.15, 0.2) is 5.65 Å². The zero-order valence-electron chi connectivity index (χ0n) is 19.6. The van der Waals surface area contributed by atoms with E-state index in [-0.39, 0.29) is 11.9 Å². The number of nitrogens with one attached hydrogen (secondary N) is 1. The van der Waals surface area contributed by atoms with Crippen molar-refractivity contribution in [1.29, 1.82) is 0 Å². The van der Waals surface area contributed by atoms with Crippen molar-refractivity contribution in [3.63, 3.8) is 0 Å². The Balaban J connectivity index is 1.39. The Labute approximate surface area is 199 Å². The minimum atomic E-state index is -0.134. The van der Waals surface area contributed by atoms with Crippen LogP contribution >= 0.6 is 0 Å². The highest BCUT2D eigenvalue weighted by atomic mass is 16.5. The zero-order valence-corrected chi connectivity index (χ0v) is 19.6. The number of anilines is 1. The summed E-state index contributed by atoms with van der Waals surface area (Å²) in [6.45, 7) is 7.90. The minimum absolute atomic E-state index is 0.134. The maximum Gasteiger partial charge on any atom is 0.252 e. The average molecular weight is 456 g/mol. The molecule has 0 saturated carbocycles. The molecule has 34 heavy (non-hydrogen) atoms. The molecule has 7 nitrogen and oxygen atoms in total. The molecule has 5 rings (SSSR count).